The van der Waals surface area contributed by atoms with E-state index >= 15 is 0 Å². The van der Waals surface area contributed by atoms with Gasteiger partial charge >= 0.3 is 0 Å². The minimum atomic E-state index is 0.882. The number of allylic oxidation sites excluding steroid dienone is 3. The maximum Gasteiger partial charge on any atom is 0.0117 e. The largest absolute Gasteiger partial charge is 0.392 e. The van der Waals surface area contributed by atoms with Gasteiger partial charge in [-0.05, 0) is 30.5 Å². The van der Waals surface area contributed by atoms with Crippen molar-refractivity contribution in [1.29, 1.82) is 0 Å². The molecule has 2 aromatic carbocycles. The van der Waals surface area contributed by atoms with Crippen LogP contribution in [0.15, 0.2) is 80.0 Å². The van der Waals surface area contributed by atoms with E-state index in [0.717, 1.165) is 23.3 Å². The average molecular weight is 366 g/mol. The summed E-state index contributed by atoms with van der Waals surface area (Å²) in [5.41, 5.74) is 6.95. The predicted octanol–water partition coefficient (Wildman–Crippen LogP) is 7.77. The van der Waals surface area contributed by atoms with Crippen LogP contribution in [0.1, 0.15) is 58.2 Å². The standard InChI is InChI=1S/C13H17N.C9H10.2C2H6/c1-10(2)13-7-5-12(6-8-13)9-11(3)14-4;1-8(2)9-6-4-3-5-7-9;2*1-2/h5-8,14H,1,3,9H2,2,4H3;3-7H,1H2,2H3;2*1-2H3. The zero-order valence-corrected chi connectivity index (χ0v) is 18.5. The molecule has 0 aromatic heterocycles. The van der Waals surface area contributed by atoms with Crippen molar-refractivity contribution in [1.82, 2.24) is 5.32 Å². The van der Waals surface area contributed by atoms with E-state index in [4.69, 9.17) is 0 Å². The monoisotopic (exact) mass is 365 g/mol. The Morgan fingerprint density at radius 1 is 0.704 bits per heavy atom. The van der Waals surface area contributed by atoms with Gasteiger partial charge in [-0.1, -0.05) is 113 Å². The van der Waals surface area contributed by atoms with E-state index < -0.39 is 0 Å². The van der Waals surface area contributed by atoms with Crippen LogP contribution in [0.2, 0.25) is 0 Å². The van der Waals surface area contributed by atoms with Gasteiger partial charge in [-0.15, -0.1) is 0 Å². The maximum absolute atomic E-state index is 3.90. The highest BCUT2D eigenvalue weighted by Gasteiger charge is 1.96. The van der Waals surface area contributed by atoms with Crippen molar-refractivity contribution in [2.24, 2.45) is 0 Å². The Kier molecular flexibility index (Phi) is 16.7. The molecule has 0 spiro atoms. The van der Waals surface area contributed by atoms with Crippen LogP contribution in [0.3, 0.4) is 0 Å². The van der Waals surface area contributed by atoms with Gasteiger partial charge in [0.25, 0.3) is 0 Å². The summed E-state index contributed by atoms with van der Waals surface area (Å²) in [6.07, 6.45) is 0.882. The highest BCUT2D eigenvalue weighted by atomic mass is 14.8. The second-order valence-corrected chi connectivity index (χ2v) is 5.65. The number of nitrogens with one attached hydrogen (secondary N) is 1. The van der Waals surface area contributed by atoms with Gasteiger partial charge in [-0.25, -0.2) is 0 Å². The molecule has 0 radical (unpaired) electrons. The Balaban J connectivity index is 0. The fourth-order valence-corrected chi connectivity index (χ4v) is 1.96. The van der Waals surface area contributed by atoms with E-state index in [1.54, 1.807) is 0 Å². The Morgan fingerprint density at radius 2 is 1.11 bits per heavy atom. The van der Waals surface area contributed by atoms with E-state index in [-0.39, 0.29) is 0 Å². The molecule has 0 unspecified atom stereocenters. The van der Waals surface area contributed by atoms with Crippen LogP contribution in [0.5, 0.6) is 0 Å². The van der Waals surface area contributed by atoms with Crippen molar-refractivity contribution in [3.8, 4) is 0 Å². The van der Waals surface area contributed by atoms with Crippen molar-refractivity contribution < 1.29 is 0 Å². The van der Waals surface area contributed by atoms with Gasteiger partial charge in [0.05, 0.1) is 0 Å². The maximum atomic E-state index is 3.90. The molecular weight excluding hydrogens is 326 g/mol. The van der Waals surface area contributed by atoms with Crippen LogP contribution in [-0.2, 0) is 6.42 Å². The van der Waals surface area contributed by atoms with Gasteiger partial charge in [0.15, 0.2) is 0 Å². The molecule has 0 aliphatic heterocycles. The zero-order chi connectivity index (χ0) is 21.2. The first kappa shape index (κ1) is 26.7. The van der Waals surface area contributed by atoms with Crippen LogP contribution < -0.4 is 5.32 Å². The molecule has 0 aliphatic carbocycles. The molecule has 0 fully saturated rings. The summed E-state index contributed by atoms with van der Waals surface area (Å²) in [7, 11) is 1.89. The molecule has 0 bridgehead atoms. The Hall–Kier alpha value is -2.54. The summed E-state index contributed by atoms with van der Waals surface area (Å²) >= 11 is 0. The first-order valence-corrected chi connectivity index (χ1v) is 9.75. The Labute approximate surface area is 168 Å². The molecule has 1 heteroatoms. The quantitative estimate of drug-likeness (QED) is 0.570. The van der Waals surface area contributed by atoms with E-state index in [1.165, 1.54) is 16.7 Å². The van der Waals surface area contributed by atoms with Crippen molar-refractivity contribution in [2.45, 2.75) is 48.0 Å². The van der Waals surface area contributed by atoms with Crippen LogP contribution in [-0.4, -0.2) is 7.05 Å². The third-order valence-corrected chi connectivity index (χ3v) is 3.48. The summed E-state index contributed by atoms with van der Waals surface area (Å²) in [4.78, 5) is 0. The molecule has 0 saturated heterocycles. The molecule has 1 nitrogen and oxygen atoms in total. The fraction of sp³-hybridized carbons (Fsp3) is 0.308. The third-order valence-electron chi connectivity index (χ3n) is 3.48. The molecule has 27 heavy (non-hydrogen) atoms. The van der Waals surface area contributed by atoms with Crippen molar-refractivity contribution in [2.75, 3.05) is 7.05 Å². The van der Waals surface area contributed by atoms with Crippen LogP contribution in [0, 0.1) is 0 Å². The average Bonchev–Trinajstić information content (AvgIpc) is 2.72. The molecule has 0 atom stereocenters. The molecule has 1 N–H and O–H groups in total. The van der Waals surface area contributed by atoms with Gasteiger partial charge in [0, 0.05) is 19.2 Å². The lowest BCUT2D eigenvalue weighted by atomic mass is 10.0. The zero-order valence-electron chi connectivity index (χ0n) is 18.5. The molecular formula is C26H39N. The van der Waals surface area contributed by atoms with Crippen LogP contribution >= 0.6 is 0 Å². The lowest BCUT2D eigenvalue weighted by Crippen LogP contribution is -2.06. The summed E-state index contributed by atoms with van der Waals surface area (Å²) in [6, 6.07) is 18.6. The van der Waals surface area contributed by atoms with Gasteiger partial charge in [0.2, 0.25) is 0 Å². The number of hydrogen-bond donors (Lipinski definition) is 1. The molecule has 148 valence electrons. The van der Waals surface area contributed by atoms with Gasteiger partial charge in [-0.3, -0.25) is 0 Å². The first-order chi connectivity index (χ1) is 12.9. The van der Waals surface area contributed by atoms with Crippen molar-refractivity contribution in [3.63, 3.8) is 0 Å². The van der Waals surface area contributed by atoms with E-state index in [1.807, 2.05) is 66.8 Å². The topological polar surface area (TPSA) is 12.0 Å². The third kappa shape index (κ3) is 12.4. The lowest BCUT2D eigenvalue weighted by molar-refractivity contribution is 0.928. The normalized spacial score (nSPS) is 8.41. The molecule has 0 aliphatic rings. The molecule has 2 aromatic rings. The minimum Gasteiger partial charge on any atom is -0.392 e. The SMILES string of the molecule is C=C(C)c1ccccc1.C=C(Cc1ccc(C(=C)C)cc1)NC.CC.CC. The minimum absolute atomic E-state index is 0.882. The Morgan fingerprint density at radius 3 is 1.44 bits per heavy atom. The van der Waals surface area contributed by atoms with Crippen molar-refractivity contribution in [3.05, 3.63) is 96.7 Å². The number of likely N-dealkylation sites (N-methyl/N-ethyl adjacent to an activating group) is 1. The molecule has 2 rings (SSSR count). The lowest BCUT2D eigenvalue weighted by Gasteiger charge is -2.06. The van der Waals surface area contributed by atoms with E-state index in [2.05, 4.69) is 61.5 Å². The van der Waals surface area contributed by atoms with Gasteiger partial charge in [-0.2, -0.15) is 0 Å². The summed E-state index contributed by atoms with van der Waals surface area (Å²) < 4.78 is 0. The number of benzene rings is 2. The van der Waals surface area contributed by atoms with Gasteiger partial charge < -0.3 is 5.32 Å². The summed E-state index contributed by atoms with van der Waals surface area (Å²) in [6.45, 7) is 23.6. The van der Waals surface area contributed by atoms with Crippen LogP contribution in [0.4, 0.5) is 0 Å². The number of hydrogen-bond acceptors (Lipinski definition) is 1. The fourth-order valence-electron chi connectivity index (χ4n) is 1.96. The highest BCUT2D eigenvalue weighted by Crippen LogP contribution is 2.13. The van der Waals surface area contributed by atoms with Gasteiger partial charge in [0.1, 0.15) is 0 Å². The predicted molar refractivity (Wildman–Crippen MR) is 127 cm³/mol. The Bertz CT molecular complexity index is 648. The summed E-state index contributed by atoms with van der Waals surface area (Å²) in [5, 5.41) is 3.04. The van der Waals surface area contributed by atoms with E-state index in [0.29, 0.717) is 0 Å². The second kappa shape index (κ2) is 16.9. The molecule has 0 heterocycles. The summed E-state index contributed by atoms with van der Waals surface area (Å²) in [5.74, 6) is 0. The number of rotatable bonds is 5. The smallest absolute Gasteiger partial charge is 0.0117 e. The van der Waals surface area contributed by atoms with Crippen molar-refractivity contribution >= 4 is 11.1 Å². The molecule has 0 saturated carbocycles. The highest BCUT2D eigenvalue weighted by molar-refractivity contribution is 5.61. The van der Waals surface area contributed by atoms with Crippen LogP contribution in [0.25, 0.3) is 11.1 Å². The van der Waals surface area contributed by atoms with E-state index in [9.17, 15) is 0 Å². The molecule has 0 amide bonds. The second-order valence-electron chi connectivity index (χ2n) is 5.65. The first-order valence-electron chi connectivity index (χ1n) is 9.75.